The van der Waals surface area contributed by atoms with E-state index in [-0.39, 0.29) is 5.41 Å². The van der Waals surface area contributed by atoms with Gasteiger partial charge in [-0.05, 0) is 129 Å². The Bertz CT molecular complexity index is 1670. The number of benzene rings is 3. The summed E-state index contributed by atoms with van der Waals surface area (Å²) in [5.74, 6) is 3.93. The largest absolute Gasteiger partial charge is 0.353 e. The van der Waals surface area contributed by atoms with Gasteiger partial charge in [0, 0.05) is 23.7 Å². The second-order valence-corrected chi connectivity index (χ2v) is 14.8. The van der Waals surface area contributed by atoms with Crippen molar-refractivity contribution >= 4 is 22.4 Å². The maximum Gasteiger partial charge on any atom is 0.141 e. The van der Waals surface area contributed by atoms with E-state index in [1.165, 1.54) is 94.4 Å². The first kappa shape index (κ1) is 24.7. The number of hydrogen-bond acceptors (Lipinski definition) is 2. The van der Waals surface area contributed by atoms with Crippen LogP contribution < -0.4 is 5.32 Å². The van der Waals surface area contributed by atoms with Crippen molar-refractivity contribution in [2.24, 2.45) is 24.8 Å². The van der Waals surface area contributed by atoms with Crippen LogP contribution in [-0.2, 0) is 17.9 Å². The molecule has 1 aromatic heterocycles. The van der Waals surface area contributed by atoms with Gasteiger partial charge in [0.1, 0.15) is 11.3 Å². The lowest BCUT2D eigenvalue weighted by atomic mass is 9.48. The Balaban J connectivity index is 1.27. The van der Waals surface area contributed by atoms with E-state index in [1.807, 2.05) is 0 Å². The van der Waals surface area contributed by atoms with Crippen molar-refractivity contribution in [3.8, 4) is 11.4 Å². The predicted octanol–water partition coefficient (Wildman–Crippen LogP) is 9.32. The van der Waals surface area contributed by atoms with Crippen LogP contribution in [0.5, 0.6) is 0 Å². The number of rotatable bonds is 2. The second-order valence-electron chi connectivity index (χ2n) is 14.8. The smallest absolute Gasteiger partial charge is 0.141 e. The monoisotopic (exact) mass is 529 g/mol. The van der Waals surface area contributed by atoms with E-state index in [0.29, 0.717) is 5.41 Å². The fourth-order valence-corrected chi connectivity index (χ4v) is 10.1. The van der Waals surface area contributed by atoms with Crippen molar-refractivity contribution in [2.75, 3.05) is 5.32 Å². The number of aryl methyl sites for hydroxylation is 5. The highest BCUT2D eigenvalue weighted by molar-refractivity contribution is 5.98. The fourth-order valence-electron chi connectivity index (χ4n) is 10.1. The lowest BCUT2D eigenvalue weighted by Gasteiger charge is -2.57. The SMILES string of the molecule is Cc1cc(C)c(-c2nc3c4c(ccc3n2C)C(C)(C)c2cc(C35CC6CC(CC(C6)C3)C5)cc(C)c2N4)c(C)c1. The van der Waals surface area contributed by atoms with Gasteiger partial charge >= 0.3 is 0 Å². The van der Waals surface area contributed by atoms with Gasteiger partial charge in [-0.15, -0.1) is 0 Å². The Morgan fingerprint density at radius 3 is 2.02 bits per heavy atom. The van der Waals surface area contributed by atoms with Gasteiger partial charge in [-0.2, -0.15) is 0 Å². The maximum absolute atomic E-state index is 5.36. The molecule has 0 unspecified atom stereocenters. The molecular formula is C37H43N3. The van der Waals surface area contributed by atoms with Crippen molar-refractivity contribution in [2.45, 2.75) is 90.9 Å². The van der Waals surface area contributed by atoms with Crippen molar-refractivity contribution in [1.82, 2.24) is 9.55 Å². The molecule has 0 spiro atoms. The molecule has 3 aromatic carbocycles. The molecule has 0 atom stereocenters. The number of aromatic nitrogens is 2. The minimum atomic E-state index is -0.0967. The minimum Gasteiger partial charge on any atom is -0.353 e. The van der Waals surface area contributed by atoms with Gasteiger partial charge in [-0.1, -0.05) is 49.7 Å². The predicted molar refractivity (Wildman–Crippen MR) is 167 cm³/mol. The molecule has 0 amide bonds. The Labute approximate surface area is 239 Å². The van der Waals surface area contributed by atoms with Gasteiger partial charge in [-0.25, -0.2) is 4.98 Å². The van der Waals surface area contributed by atoms with E-state index in [4.69, 9.17) is 4.98 Å². The molecule has 40 heavy (non-hydrogen) atoms. The molecule has 3 heteroatoms. The van der Waals surface area contributed by atoms with Crippen molar-refractivity contribution in [3.63, 3.8) is 0 Å². The Morgan fingerprint density at radius 2 is 1.40 bits per heavy atom. The highest BCUT2D eigenvalue weighted by Crippen LogP contribution is 2.61. The van der Waals surface area contributed by atoms with E-state index in [0.717, 1.165) is 29.1 Å². The molecule has 2 heterocycles. The zero-order valence-electron chi connectivity index (χ0n) is 25.3. The maximum atomic E-state index is 5.36. The number of anilines is 2. The van der Waals surface area contributed by atoms with Crippen LogP contribution in [0.1, 0.15) is 91.3 Å². The Hall–Kier alpha value is -3.07. The highest BCUT2D eigenvalue weighted by Gasteiger charge is 2.52. The van der Waals surface area contributed by atoms with Crippen molar-refractivity contribution in [1.29, 1.82) is 0 Å². The molecule has 9 rings (SSSR count). The normalized spacial score (nSPS) is 27.5. The Morgan fingerprint density at radius 1 is 0.775 bits per heavy atom. The van der Waals surface area contributed by atoms with Crippen LogP contribution >= 0.6 is 0 Å². The van der Waals surface area contributed by atoms with Gasteiger partial charge in [0.05, 0.1) is 11.2 Å². The molecule has 4 saturated carbocycles. The summed E-state index contributed by atoms with van der Waals surface area (Å²) in [6, 6.07) is 14.4. The summed E-state index contributed by atoms with van der Waals surface area (Å²) in [4.78, 5) is 5.36. The summed E-state index contributed by atoms with van der Waals surface area (Å²) < 4.78 is 2.29. The molecule has 4 fully saturated rings. The average Bonchev–Trinajstić information content (AvgIpc) is 3.19. The van der Waals surface area contributed by atoms with E-state index in [1.54, 1.807) is 5.56 Å². The standard InChI is InChI=1S/C37H43N3/c1-20-10-21(2)31(22(3)11-20)35-39-34-30(40(35)7)9-8-28-33(34)38-32-23(4)12-27(16-29(32)36(28,5)6)37-17-24-13-25(18-37)15-26(14-24)19-37/h8-12,16,24-26,38H,13-15,17-19H2,1-7H3. The zero-order valence-corrected chi connectivity index (χ0v) is 25.3. The molecule has 206 valence electrons. The number of hydrogen-bond donors (Lipinski definition) is 1. The quantitative estimate of drug-likeness (QED) is 0.280. The molecule has 3 nitrogen and oxygen atoms in total. The summed E-state index contributed by atoms with van der Waals surface area (Å²) in [5.41, 5.74) is 16.0. The molecule has 0 saturated heterocycles. The Kier molecular flexibility index (Phi) is 4.95. The molecule has 1 N–H and O–H groups in total. The summed E-state index contributed by atoms with van der Waals surface area (Å²) in [6.45, 7) is 13.8. The van der Waals surface area contributed by atoms with Crippen LogP contribution in [0.2, 0.25) is 0 Å². The van der Waals surface area contributed by atoms with Crippen LogP contribution in [0, 0.1) is 45.4 Å². The van der Waals surface area contributed by atoms with Crippen molar-refractivity contribution in [3.05, 3.63) is 75.3 Å². The van der Waals surface area contributed by atoms with E-state index < -0.39 is 0 Å². The van der Waals surface area contributed by atoms with E-state index in [9.17, 15) is 0 Å². The number of fused-ring (bicyclic) bond motifs is 4. The van der Waals surface area contributed by atoms with E-state index >= 15 is 0 Å². The number of nitrogens with zero attached hydrogens (tertiary/aromatic N) is 2. The number of imidazole rings is 1. The summed E-state index contributed by atoms with van der Waals surface area (Å²) in [5, 5.41) is 3.96. The van der Waals surface area contributed by atoms with Crippen LogP contribution in [0.15, 0.2) is 36.4 Å². The highest BCUT2D eigenvalue weighted by atomic mass is 15.1. The zero-order chi connectivity index (χ0) is 27.7. The first-order valence-electron chi connectivity index (χ1n) is 15.5. The molecule has 4 bridgehead atoms. The molecule has 4 aliphatic carbocycles. The van der Waals surface area contributed by atoms with Gasteiger partial charge < -0.3 is 9.88 Å². The summed E-state index contributed by atoms with van der Waals surface area (Å²) in [7, 11) is 2.17. The fraction of sp³-hybridized carbons (Fsp3) is 0.486. The average molecular weight is 530 g/mol. The third kappa shape index (κ3) is 3.27. The van der Waals surface area contributed by atoms with Gasteiger partial charge in [0.2, 0.25) is 0 Å². The van der Waals surface area contributed by atoms with Crippen LogP contribution in [0.4, 0.5) is 11.4 Å². The summed E-state index contributed by atoms with van der Waals surface area (Å²) in [6.07, 6.45) is 8.72. The lowest BCUT2D eigenvalue weighted by Crippen LogP contribution is -2.48. The first-order chi connectivity index (χ1) is 19.0. The van der Waals surface area contributed by atoms with Crippen LogP contribution in [0.25, 0.3) is 22.4 Å². The third-order valence-corrected chi connectivity index (χ3v) is 11.5. The topological polar surface area (TPSA) is 29.9 Å². The van der Waals surface area contributed by atoms with Crippen LogP contribution in [0.3, 0.4) is 0 Å². The molecule has 4 aromatic rings. The summed E-state index contributed by atoms with van der Waals surface area (Å²) >= 11 is 0. The van der Waals surface area contributed by atoms with Gasteiger partial charge in [-0.3, -0.25) is 0 Å². The van der Waals surface area contributed by atoms with Gasteiger partial charge in [0.15, 0.2) is 0 Å². The molecular weight excluding hydrogens is 486 g/mol. The molecule has 1 aliphatic heterocycles. The first-order valence-corrected chi connectivity index (χ1v) is 15.5. The molecule has 0 radical (unpaired) electrons. The van der Waals surface area contributed by atoms with Crippen LogP contribution in [-0.4, -0.2) is 9.55 Å². The second kappa shape index (κ2) is 8.02. The van der Waals surface area contributed by atoms with Gasteiger partial charge in [0.25, 0.3) is 0 Å². The number of nitrogens with one attached hydrogen (secondary N) is 1. The molecule has 5 aliphatic rings. The van der Waals surface area contributed by atoms with E-state index in [2.05, 4.69) is 94.9 Å². The van der Waals surface area contributed by atoms with Crippen molar-refractivity contribution < 1.29 is 0 Å². The third-order valence-electron chi connectivity index (χ3n) is 11.5. The lowest BCUT2D eigenvalue weighted by molar-refractivity contribution is -0.00525. The minimum absolute atomic E-state index is 0.0967.